The van der Waals surface area contributed by atoms with Crippen molar-refractivity contribution in [3.63, 3.8) is 0 Å². The van der Waals surface area contributed by atoms with Crippen molar-refractivity contribution in [3.8, 4) is 0 Å². The Bertz CT molecular complexity index is 795. The molecule has 2 bridgehead atoms. The van der Waals surface area contributed by atoms with Crippen LogP contribution in [0.1, 0.15) is 47.6 Å². The number of carbonyl (C=O) groups is 2. The van der Waals surface area contributed by atoms with Crippen molar-refractivity contribution in [2.24, 2.45) is 0 Å². The van der Waals surface area contributed by atoms with E-state index in [-0.39, 0.29) is 30.3 Å². The van der Waals surface area contributed by atoms with Gasteiger partial charge in [0.1, 0.15) is 0 Å². The van der Waals surface area contributed by atoms with Crippen molar-refractivity contribution in [2.45, 2.75) is 43.8 Å². The van der Waals surface area contributed by atoms with Crippen molar-refractivity contribution >= 4 is 11.8 Å². The lowest BCUT2D eigenvalue weighted by Gasteiger charge is -2.30. The number of carbonyl (C=O) groups excluding carboxylic acids is 2. The van der Waals surface area contributed by atoms with Crippen molar-refractivity contribution in [1.29, 1.82) is 0 Å². The second kappa shape index (κ2) is 8.57. The molecule has 0 aromatic heterocycles. The quantitative estimate of drug-likeness (QED) is 0.842. The van der Waals surface area contributed by atoms with Gasteiger partial charge in [-0.2, -0.15) is 0 Å². The first-order chi connectivity index (χ1) is 13.7. The molecule has 5 nitrogen and oxygen atoms in total. The van der Waals surface area contributed by atoms with E-state index in [4.69, 9.17) is 0 Å². The maximum absolute atomic E-state index is 13.3. The number of nitrogens with zero attached hydrogens (tertiary/aromatic N) is 1. The second-order valence-electron chi connectivity index (χ2n) is 7.69. The number of nitrogens with one attached hydrogen (secondary N) is 2. The number of benzene rings is 2. The molecule has 0 aliphatic carbocycles. The maximum atomic E-state index is 13.3. The highest BCUT2D eigenvalue weighted by molar-refractivity contribution is 5.94. The fourth-order valence-electron chi connectivity index (χ4n) is 4.44. The molecule has 4 rings (SSSR count). The molecule has 2 N–H and O–H groups in total. The summed E-state index contributed by atoms with van der Waals surface area (Å²) < 4.78 is 0. The Morgan fingerprint density at radius 1 is 0.964 bits per heavy atom. The van der Waals surface area contributed by atoms with Crippen LogP contribution < -0.4 is 10.6 Å². The molecule has 2 saturated heterocycles. The summed E-state index contributed by atoms with van der Waals surface area (Å²) in [5.41, 5.74) is 1.57. The van der Waals surface area contributed by atoms with Crippen LogP contribution in [0.3, 0.4) is 0 Å². The van der Waals surface area contributed by atoms with E-state index in [2.05, 4.69) is 15.5 Å². The Morgan fingerprint density at radius 2 is 1.64 bits per heavy atom. The number of hydrogen-bond donors (Lipinski definition) is 2. The van der Waals surface area contributed by atoms with Crippen molar-refractivity contribution < 1.29 is 9.59 Å². The first-order valence-electron chi connectivity index (χ1n) is 10.1. The predicted octanol–water partition coefficient (Wildman–Crippen LogP) is 2.90. The summed E-state index contributed by atoms with van der Waals surface area (Å²) in [5, 5.41) is 6.52. The molecule has 0 spiro atoms. The molecule has 3 atom stereocenters. The third kappa shape index (κ3) is 4.09. The predicted molar refractivity (Wildman–Crippen MR) is 109 cm³/mol. The van der Waals surface area contributed by atoms with Crippen LogP contribution in [-0.4, -0.2) is 41.9 Å². The monoisotopic (exact) mass is 377 g/mol. The van der Waals surface area contributed by atoms with Gasteiger partial charge in [0.15, 0.2) is 0 Å². The van der Waals surface area contributed by atoms with Gasteiger partial charge < -0.3 is 15.5 Å². The Kier molecular flexibility index (Phi) is 5.72. The van der Waals surface area contributed by atoms with Crippen LogP contribution in [0, 0.1) is 0 Å². The van der Waals surface area contributed by atoms with Gasteiger partial charge in [0.2, 0.25) is 5.91 Å². The molecule has 2 aliphatic heterocycles. The van der Waals surface area contributed by atoms with Gasteiger partial charge in [-0.1, -0.05) is 48.5 Å². The Balaban J connectivity index is 1.52. The molecule has 2 aliphatic rings. The minimum Gasteiger partial charge on any atom is -0.345 e. The molecule has 2 aromatic rings. The van der Waals surface area contributed by atoms with Crippen LogP contribution in [0.25, 0.3) is 0 Å². The molecule has 0 saturated carbocycles. The zero-order chi connectivity index (χ0) is 19.3. The van der Waals surface area contributed by atoms with E-state index in [9.17, 15) is 9.59 Å². The molecule has 5 heteroatoms. The smallest absolute Gasteiger partial charge is 0.251 e. The highest BCUT2D eigenvalue weighted by atomic mass is 16.2. The molecular weight excluding hydrogens is 350 g/mol. The first kappa shape index (κ1) is 18.7. The number of amides is 2. The molecule has 2 fully saturated rings. The molecule has 28 heavy (non-hydrogen) atoms. The summed E-state index contributed by atoms with van der Waals surface area (Å²) in [6, 6.07) is 19.2. The first-order valence-corrected chi connectivity index (χ1v) is 10.1. The van der Waals surface area contributed by atoms with E-state index < -0.39 is 0 Å². The van der Waals surface area contributed by atoms with E-state index >= 15 is 0 Å². The minimum absolute atomic E-state index is 0.137. The lowest BCUT2D eigenvalue weighted by molar-refractivity contribution is -0.134. The summed E-state index contributed by atoms with van der Waals surface area (Å²) in [6.07, 6.45) is 3.45. The van der Waals surface area contributed by atoms with Crippen LogP contribution in [0.4, 0.5) is 0 Å². The van der Waals surface area contributed by atoms with Gasteiger partial charge in [-0.3, -0.25) is 9.59 Å². The zero-order valence-corrected chi connectivity index (χ0v) is 16.0. The fourth-order valence-corrected chi connectivity index (χ4v) is 4.44. The minimum atomic E-state index is -0.336. The highest BCUT2D eigenvalue weighted by Crippen LogP contribution is 2.30. The van der Waals surface area contributed by atoms with E-state index in [1.54, 1.807) is 12.1 Å². The Hall–Kier alpha value is -2.66. The molecule has 146 valence electrons. The van der Waals surface area contributed by atoms with Gasteiger partial charge in [0, 0.05) is 24.2 Å². The molecule has 3 unspecified atom stereocenters. The number of hydrogen-bond acceptors (Lipinski definition) is 3. The number of rotatable bonds is 5. The molecule has 2 amide bonds. The standard InChI is InChI=1S/C23H27N3O2/c27-22(26-19-11-12-20(26)16-24-14-13-19)15-21(17-7-3-1-4-8-17)25-23(28)18-9-5-2-6-10-18/h1-10,19-21,24H,11-16H2,(H,25,28). The van der Waals surface area contributed by atoms with Gasteiger partial charge in [0.25, 0.3) is 5.91 Å². The summed E-state index contributed by atoms with van der Waals surface area (Å²) in [5.74, 6) is -0.0128. The third-order valence-electron chi connectivity index (χ3n) is 5.86. The zero-order valence-electron chi connectivity index (χ0n) is 16.0. The van der Waals surface area contributed by atoms with Crippen LogP contribution in [0.5, 0.6) is 0 Å². The summed E-state index contributed by atoms with van der Waals surface area (Å²) in [7, 11) is 0. The second-order valence-corrected chi connectivity index (χ2v) is 7.69. The largest absolute Gasteiger partial charge is 0.345 e. The van der Waals surface area contributed by atoms with Crippen LogP contribution in [0.15, 0.2) is 60.7 Å². The van der Waals surface area contributed by atoms with E-state index in [0.717, 1.165) is 37.9 Å². The number of fused-ring (bicyclic) bond motifs is 2. The van der Waals surface area contributed by atoms with E-state index in [1.807, 2.05) is 48.5 Å². The average Bonchev–Trinajstić information content (AvgIpc) is 3.01. The van der Waals surface area contributed by atoms with Crippen LogP contribution in [-0.2, 0) is 4.79 Å². The lowest BCUT2D eigenvalue weighted by atomic mass is 10.0. The van der Waals surface area contributed by atoms with E-state index in [0.29, 0.717) is 11.6 Å². The maximum Gasteiger partial charge on any atom is 0.251 e. The SMILES string of the molecule is O=C(NC(CC(=O)N1C2CCNCC1CC2)c1ccccc1)c1ccccc1. The van der Waals surface area contributed by atoms with Crippen molar-refractivity contribution in [3.05, 3.63) is 71.8 Å². The van der Waals surface area contributed by atoms with E-state index in [1.165, 1.54) is 0 Å². The molecular formula is C23H27N3O2. The van der Waals surface area contributed by atoms with Crippen LogP contribution >= 0.6 is 0 Å². The fraction of sp³-hybridized carbons (Fsp3) is 0.391. The summed E-state index contributed by atoms with van der Waals surface area (Å²) in [4.78, 5) is 28.1. The molecule has 0 radical (unpaired) electrons. The normalized spacial score (nSPS) is 22.4. The van der Waals surface area contributed by atoms with Crippen molar-refractivity contribution in [2.75, 3.05) is 13.1 Å². The van der Waals surface area contributed by atoms with Crippen molar-refractivity contribution in [1.82, 2.24) is 15.5 Å². The summed E-state index contributed by atoms with van der Waals surface area (Å²) in [6.45, 7) is 1.84. The lowest BCUT2D eigenvalue weighted by Crippen LogP contribution is -2.44. The average molecular weight is 377 g/mol. The Labute approximate surface area is 166 Å². The van der Waals surface area contributed by atoms with Gasteiger partial charge >= 0.3 is 0 Å². The summed E-state index contributed by atoms with van der Waals surface area (Å²) >= 11 is 0. The Morgan fingerprint density at radius 3 is 2.39 bits per heavy atom. The third-order valence-corrected chi connectivity index (χ3v) is 5.86. The van der Waals surface area contributed by atoms with Gasteiger partial charge in [-0.05, 0) is 43.5 Å². The molecule has 2 aromatic carbocycles. The van der Waals surface area contributed by atoms with Gasteiger partial charge in [-0.25, -0.2) is 0 Å². The topological polar surface area (TPSA) is 61.4 Å². The van der Waals surface area contributed by atoms with Crippen LogP contribution in [0.2, 0.25) is 0 Å². The highest BCUT2D eigenvalue weighted by Gasteiger charge is 2.38. The molecule has 2 heterocycles. The van der Waals surface area contributed by atoms with Gasteiger partial charge in [0.05, 0.1) is 12.5 Å². The van der Waals surface area contributed by atoms with Gasteiger partial charge in [-0.15, -0.1) is 0 Å².